The van der Waals surface area contributed by atoms with E-state index in [1.54, 1.807) is 0 Å². The largest absolute Gasteiger partial charge is 0.325 e. The summed E-state index contributed by atoms with van der Waals surface area (Å²) in [6.07, 6.45) is 0. The molecule has 2 rings (SSSR count). The molecular formula is C9H9N3OS. The van der Waals surface area contributed by atoms with E-state index in [1.807, 2.05) is 17.5 Å². The molecule has 2 aromatic heterocycles. The fourth-order valence-electron chi connectivity index (χ4n) is 1.14. The molecule has 0 radical (unpaired) electrons. The standard InChI is InChI=1S/C9H9N3OS/c10-5-6-4-8(13)12-9(11-6)7-2-1-3-14-7/h1-4H,5,10H2,(H,11,12,13). The molecular weight excluding hydrogens is 198 g/mol. The van der Waals surface area contributed by atoms with Gasteiger partial charge in [-0.1, -0.05) is 6.07 Å². The van der Waals surface area contributed by atoms with Gasteiger partial charge in [-0.15, -0.1) is 11.3 Å². The first-order chi connectivity index (χ1) is 6.79. The van der Waals surface area contributed by atoms with Gasteiger partial charge in [0.2, 0.25) is 0 Å². The molecule has 0 amide bonds. The number of thiophene rings is 1. The van der Waals surface area contributed by atoms with E-state index in [1.165, 1.54) is 17.4 Å². The second-order valence-electron chi connectivity index (χ2n) is 2.77. The van der Waals surface area contributed by atoms with Crippen molar-refractivity contribution in [3.05, 3.63) is 39.6 Å². The molecule has 0 aliphatic rings. The van der Waals surface area contributed by atoms with Crippen LogP contribution in [0.15, 0.2) is 28.4 Å². The average Bonchev–Trinajstić information content (AvgIpc) is 2.69. The predicted molar refractivity (Wildman–Crippen MR) is 56.1 cm³/mol. The average molecular weight is 207 g/mol. The maximum Gasteiger partial charge on any atom is 0.251 e. The van der Waals surface area contributed by atoms with Crippen LogP contribution in [0, 0.1) is 0 Å². The van der Waals surface area contributed by atoms with Crippen molar-refractivity contribution in [3.63, 3.8) is 0 Å². The molecule has 0 bridgehead atoms. The van der Waals surface area contributed by atoms with Gasteiger partial charge in [0.05, 0.1) is 10.6 Å². The van der Waals surface area contributed by atoms with Crippen LogP contribution >= 0.6 is 11.3 Å². The number of rotatable bonds is 2. The van der Waals surface area contributed by atoms with Crippen LogP contribution in [0.25, 0.3) is 10.7 Å². The van der Waals surface area contributed by atoms with Crippen molar-refractivity contribution in [1.29, 1.82) is 0 Å². The van der Waals surface area contributed by atoms with Gasteiger partial charge in [-0.05, 0) is 11.4 Å². The van der Waals surface area contributed by atoms with Gasteiger partial charge >= 0.3 is 0 Å². The van der Waals surface area contributed by atoms with E-state index in [0.29, 0.717) is 11.5 Å². The lowest BCUT2D eigenvalue weighted by Crippen LogP contribution is -2.12. The van der Waals surface area contributed by atoms with Gasteiger partial charge in [0, 0.05) is 12.6 Å². The Bertz CT molecular complexity index is 475. The summed E-state index contributed by atoms with van der Waals surface area (Å²) >= 11 is 1.53. The van der Waals surface area contributed by atoms with Gasteiger partial charge in [0.25, 0.3) is 5.56 Å². The van der Waals surface area contributed by atoms with Gasteiger partial charge in [0.1, 0.15) is 0 Å². The second kappa shape index (κ2) is 3.73. The Morgan fingerprint density at radius 2 is 2.43 bits per heavy atom. The molecule has 0 aliphatic heterocycles. The Kier molecular flexibility index (Phi) is 2.43. The Morgan fingerprint density at radius 1 is 1.57 bits per heavy atom. The van der Waals surface area contributed by atoms with Gasteiger partial charge in [-0.2, -0.15) is 0 Å². The molecule has 0 fully saturated rings. The number of H-pyrrole nitrogens is 1. The lowest BCUT2D eigenvalue weighted by Gasteiger charge is -1.99. The minimum atomic E-state index is -0.163. The van der Waals surface area contributed by atoms with Crippen LogP contribution in [0.1, 0.15) is 5.69 Å². The summed E-state index contributed by atoms with van der Waals surface area (Å²) < 4.78 is 0. The second-order valence-corrected chi connectivity index (χ2v) is 3.71. The zero-order valence-electron chi connectivity index (χ0n) is 7.36. The highest BCUT2D eigenvalue weighted by atomic mass is 32.1. The SMILES string of the molecule is NCc1cc(=O)[nH]c(-c2cccs2)n1. The van der Waals surface area contributed by atoms with E-state index in [2.05, 4.69) is 9.97 Å². The summed E-state index contributed by atoms with van der Waals surface area (Å²) in [6.45, 7) is 0.280. The third kappa shape index (κ3) is 1.73. The van der Waals surface area contributed by atoms with Crippen LogP contribution in [0.5, 0.6) is 0 Å². The van der Waals surface area contributed by atoms with Crippen LogP contribution < -0.4 is 11.3 Å². The highest BCUT2D eigenvalue weighted by Crippen LogP contribution is 2.19. The number of aromatic nitrogens is 2. The number of hydrogen-bond acceptors (Lipinski definition) is 4. The number of nitrogens with one attached hydrogen (secondary N) is 1. The normalized spacial score (nSPS) is 10.4. The van der Waals surface area contributed by atoms with E-state index in [-0.39, 0.29) is 12.1 Å². The molecule has 2 heterocycles. The monoisotopic (exact) mass is 207 g/mol. The summed E-state index contributed by atoms with van der Waals surface area (Å²) in [6, 6.07) is 5.23. The zero-order chi connectivity index (χ0) is 9.97. The third-order valence-electron chi connectivity index (χ3n) is 1.76. The maximum absolute atomic E-state index is 11.2. The van der Waals surface area contributed by atoms with Crippen molar-refractivity contribution < 1.29 is 0 Å². The Labute approximate surface area is 84.4 Å². The first-order valence-corrected chi connectivity index (χ1v) is 5.02. The topological polar surface area (TPSA) is 71.8 Å². The molecule has 5 heteroatoms. The van der Waals surface area contributed by atoms with E-state index in [0.717, 1.165) is 4.88 Å². The lowest BCUT2D eigenvalue weighted by atomic mass is 10.3. The molecule has 0 atom stereocenters. The Balaban J connectivity index is 2.54. The van der Waals surface area contributed by atoms with Gasteiger partial charge in [0.15, 0.2) is 5.82 Å². The van der Waals surface area contributed by atoms with Gasteiger partial charge in [-0.3, -0.25) is 4.79 Å². The highest BCUT2D eigenvalue weighted by Gasteiger charge is 2.03. The molecule has 14 heavy (non-hydrogen) atoms. The molecule has 2 aromatic rings. The minimum Gasteiger partial charge on any atom is -0.325 e. The summed E-state index contributed by atoms with van der Waals surface area (Å²) in [4.78, 5) is 19.1. The summed E-state index contributed by atoms with van der Waals surface area (Å²) in [5.74, 6) is 0.591. The zero-order valence-corrected chi connectivity index (χ0v) is 8.17. The molecule has 0 unspecified atom stereocenters. The van der Waals surface area contributed by atoms with Crippen molar-refractivity contribution in [2.24, 2.45) is 5.73 Å². The van der Waals surface area contributed by atoms with Crippen molar-refractivity contribution >= 4 is 11.3 Å². The van der Waals surface area contributed by atoms with Crippen molar-refractivity contribution in [2.75, 3.05) is 0 Å². The first kappa shape index (κ1) is 9.11. The first-order valence-electron chi connectivity index (χ1n) is 4.14. The quantitative estimate of drug-likeness (QED) is 0.770. The molecule has 0 aromatic carbocycles. The van der Waals surface area contributed by atoms with Crippen LogP contribution in [-0.4, -0.2) is 9.97 Å². The minimum absolute atomic E-state index is 0.163. The number of aromatic amines is 1. The molecule has 0 saturated heterocycles. The molecule has 3 N–H and O–H groups in total. The Hall–Kier alpha value is -1.46. The van der Waals surface area contributed by atoms with Crippen LogP contribution in [0.3, 0.4) is 0 Å². The molecule has 0 saturated carbocycles. The summed E-state index contributed by atoms with van der Waals surface area (Å²) in [5, 5.41) is 1.93. The Morgan fingerprint density at radius 3 is 3.07 bits per heavy atom. The summed E-state index contributed by atoms with van der Waals surface area (Å²) in [5.41, 5.74) is 5.87. The van der Waals surface area contributed by atoms with Crippen molar-refractivity contribution in [1.82, 2.24) is 9.97 Å². The van der Waals surface area contributed by atoms with E-state index in [4.69, 9.17) is 5.73 Å². The number of nitrogens with zero attached hydrogens (tertiary/aromatic N) is 1. The lowest BCUT2D eigenvalue weighted by molar-refractivity contribution is 0.958. The predicted octanol–water partition coefficient (Wildman–Crippen LogP) is 0.957. The molecule has 0 aliphatic carbocycles. The highest BCUT2D eigenvalue weighted by molar-refractivity contribution is 7.13. The van der Waals surface area contributed by atoms with E-state index >= 15 is 0 Å². The fourth-order valence-corrected chi connectivity index (χ4v) is 1.81. The van der Waals surface area contributed by atoms with E-state index < -0.39 is 0 Å². The van der Waals surface area contributed by atoms with Crippen LogP contribution in [0.2, 0.25) is 0 Å². The van der Waals surface area contributed by atoms with Crippen molar-refractivity contribution in [3.8, 4) is 10.7 Å². The molecule has 72 valence electrons. The smallest absolute Gasteiger partial charge is 0.251 e. The third-order valence-corrected chi connectivity index (χ3v) is 2.64. The van der Waals surface area contributed by atoms with Crippen molar-refractivity contribution in [2.45, 2.75) is 6.54 Å². The number of nitrogens with two attached hydrogens (primary N) is 1. The number of hydrogen-bond donors (Lipinski definition) is 2. The molecule has 4 nitrogen and oxygen atoms in total. The van der Waals surface area contributed by atoms with Gasteiger partial charge in [-0.25, -0.2) is 4.98 Å². The van der Waals surface area contributed by atoms with Gasteiger partial charge < -0.3 is 10.7 Å². The van der Waals surface area contributed by atoms with E-state index in [9.17, 15) is 4.79 Å². The summed E-state index contributed by atoms with van der Waals surface area (Å²) in [7, 11) is 0. The fraction of sp³-hybridized carbons (Fsp3) is 0.111. The maximum atomic E-state index is 11.2. The molecule has 0 spiro atoms. The van der Waals surface area contributed by atoms with Crippen LogP contribution in [0.4, 0.5) is 0 Å². The van der Waals surface area contributed by atoms with Crippen LogP contribution in [-0.2, 0) is 6.54 Å².